The lowest BCUT2D eigenvalue weighted by atomic mass is 10.3. The minimum absolute atomic E-state index is 0.358. The Labute approximate surface area is 129 Å². The van der Waals surface area contributed by atoms with Crippen molar-refractivity contribution in [3.05, 3.63) is 44.8 Å². The summed E-state index contributed by atoms with van der Waals surface area (Å²) in [6.07, 6.45) is 0. The number of nitrogens with two attached hydrogens (primary N) is 1. The number of anilines is 1. The molecule has 0 aliphatic carbocycles. The predicted molar refractivity (Wildman–Crippen MR) is 81.6 cm³/mol. The van der Waals surface area contributed by atoms with Crippen LogP contribution in [0.3, 0.4) is 0 Å². The van der Waals surface area contributed by atoms with Gasteiger partial charge in [0.15, 0.2) is 5.75 Å². The molecule has 0 bridgehead atoms. The molecule has 0 fully saturated rings. The van der Waals surface area contributed by atoms with Crippen molar-refractivity contribution in [2.75, 3.05) is 12.8 Å². The number of hydrogen-bond donors (Lipinski definition) is 1. The molecular formula is C13H10BrCl2NO2. The molecule has 0 saturated heterocycles. The molecule has 2 aromatic carbocycles. The second-order valence-corrected chi connectivity index (χ2v) is 5.38. The Kier molecular flexibility index (Phi) is 4.45. The van der Waals surface area contributed by atoms with Crippen molar-refractivity contribution in [3.8, 4) is 17.2 Å². The van der Waals surface area contributed by atoms with Crippen LogP contribution in [0.25, 0.3) is 0 Å². The van der Waals surface area contributed by atoms with Crippen molar-refractivity contribution in [1.29, 1.82) is 0 Å². The number of methoxy groups -OCH3 is 1. The minimum atomic E-state index is 0.358. The topological polar surface area (TPSA) is 44.5 Å². The lowest BCUT2D eigenvalue weighted by molar-refractivity contribution is 0.410. The van der Waals surface area contributed by atoms with Crippen molar-refractivity contribution in [1.82, 2.24) is 0 Å². The molecule has 2 rings (SSSR count). The summed E-state index contributed by atoms with van der Waals surface area (Å²) in [5, 5.41) is 0.717. The van der Waals surface area contributed by atoms with Crippen LogP contribution < -0.4 is 15.2 Å². The van der Waals surface area contributed by atoms with Crippen molar-refractivity contribution >= 4 is 44.8 Å². The molecule has 100 valence electrons. The molecule has 6 heteroatoms. The molecule has 0 unspecified atom stereocenters. The fourth-order valence-corrected chi connectivity index (χ4v) is 2.61. The van der Waals surface area contributed by atoms with Gasteiger partial charge in [0.05, 0.1) is 21.6 Å². The maximum atomic E-state index is 6.06. The lowest BCUT2D eigenvalue weighted by Crippen LogP contribution is -1.91. The SMILES string of the molecule is COc1ccc(Oc2c(Cl)cc(N)cc2Cl)cc1Br. The highest BCUT2D eigenvalue weighted by molar-refractivity contribution is 9.10. The zero-order chi connectivity index (χ0) is 14.0. The molecule has 19 heavy (non-hydrogen) atoms. The van der Waals surface area contributed by atoms with Gasteiger partial charge >= 0.3 is 0 Å². The van der Waals surface area contributed by atoms with Gasteiger partial charge in [0.1, 0.15) is 11.5 Å². The molecule has 0 heterocycles. The van der Waals surface area contributed by atoms with Crippen LogP contribution in [0.2, 0.25) is 10.0 Å². The van der Waals surface area contributed by atoms with E-state index in [1.807, 2.05) is 0 Å². The third kappa shape index (κ3) is 3.26. The van der Waals surface area contributed by atoms with E-state index in [9.17, 15) is 0 Å². The largest absolute Gasteiger partial charge is 0.496 e. The molecule has 0 aliphatic heterocycles. The maximum absolute atomic E-state index is 6.06. The van der Waals surface area contributed by atoms with Crippen LogP contribution >= 0.6 is 39.1 Å². The number of ether oxygens (including phenoxy) is 2. The summed E-state index contributed by atoms with van der Waals surface area (Å²) in [6.45, 7) is 0. The van der Waals surface area contributed by atoms with Gasteiger partial charge < -0.3 is 15.2 Å². The Morgan fingerprint density at radius 3 is 2.26 bits per heavy atom. The summed E-state index contributed by atoms with van der Waals surface area (Å²) in [7, 11) is 1.59. The third-order valence-corrected chi connectivity index (χ3v) is 3.54. The van der Waals surface area contributed by atoms with Gasteiger partial charge in [-0.25, -0.2) is 0 Å². The van der Waals surface area contributed by atoms with Crippen LogP contribution in [0.5, 0.6) is 17.2 Å². The molecule has 0 atom stereocenters. The van der Waals surface area contributed by atoms with Crippen LogP contribution in [-0.2, 0) is 0 Å². The molecule has 0 spiro atoms. The first-order valence-electron chi connectivity index (χ1n) is 5.27. The molecule has 2 aromatic rings. The average Bonchev–Trinajstić information content (AvgIpc) is 2.34. The van der Waals surface area contributed by atoms with Crippen molar-refractivity contribution in [2.45, 2.75) is 0 Å². The quantitative estimate of drug-likeness (QED) is 0.769. The normalized spacial score (nSPS) is 10.3. The van der Waals surface area contributed by atoms with E-state index in [1.165, 1.54) is 0 Å². The number of benzene rings is 2. The second-order valence-electron chi connectivity index (χ2n) is 3.71. The van der Waals surface area contributed by atoms with E-state index < -0.39 is 0 Å². The second kappa shape index (κ2) is 5.90. The smallest absolute Gasteiger partial charge is 0.164 e. The van der Waals surface area contributed by atoms with Gasteiger partial charge in [-0.1, -0.05) is 23.2 Å². The molecule has 0 aromatic heterocycles. The standard InChI is InChI=1S/C13H10BrCl2NO2/c1-18-12-3-2-8(6-9(12)14)19-13-10(15)4-7(17)5-11(13)16/h2-6H,17H2,1H3. The van der Waals surface area contributed by atoms with Gasteiger partial charge in [-0.05, 0) is 46.3 Å². The zero-order valence-electron chi connectivity index (χ0n) is 9.91. The van der Waals surface area contributed by atoms with E-state index in [0.717, 1.165) is 4.47 Å². The first kappa shape index (κ1) is 14.3. The Bertz CT molecular complexity index is 597. The summed E-state index contributed by atoms with van der Waals surface area (Å²) >= 11 is 15.5. The van der Waals surface area contributed by atoms with Gasteiger partial charge in [-0.3, -0.25) is 0 Å². The fourth-order valence-electron chi connectivity index (χ4n) is 1.51. The van der Waals surface area contributed by atoms with Crippen LogP contribution in [-0.4, -0.2) is 7.11 Å². The van der Waals surface area contributed by atoms with Gasteiger partial charge in [0.2, 0.25) is 0 Å². The highest BCUT2D eigenvalue weighted by Crippen LogP contribution is 2.39. The summed E-state index contributed by atoms with van der Waals surface area (Å²) in [5.74, 6) is 1.66. The van der Waals surface area contributed by atoms with Crippen LogP contribution in [0, 0.1) is 0 Å². The molecule has 0 saturated carbocycles. The Hall–Kier alpha value is -1.10. The van der Waals surface area contributed by atoms with Crippen LogP contribution in [0.4, 0.5) is 5.69 Å². The highest BCUT2D eigenvalue weighted by atomic mass is 79.9. The molecule has 0 radical (unpaired) electrons. The van der Waals surface area contributed by atoms with E-state index in [0.29, 0.717) is 33.0 Å². The molecule has 0 amide bonds. The van der Waals surface area contributed by atoms with Crippen LogP contribution in [0.1, 0.15) is 0 Å². The number of rotatable bonds is 3. The third-order valence-electron chi connectivity index (χ3n) is 2.36. The summed E-state index contributed by atoms with van der Waals surface area (Å²) < 4.78 is 11.6. The van der Waals surface area contributed by atoms with E-state index in [4.69, 9.17) is 38.4 Å². The first-order valence-corrected chi connectivity index (χ1v) is 6.82. The summed E-state index contributed by atoms with van der Waals surface area (Å²) in [4.78, 5) is 0. The zero-order valence-corrected chi connectivity index (χ0v) is 13.0. The maximum Gasteiger partial charge on any atom is 0.164 e. The molecule has 3 nitrogen and oxygen atoms in total. The molecular weight excluding hydrogens is 353 g/mol. The van der Waals surface area contributed by atoms with Crippen molar-refractivity contribution < 1.29 is 9.47 Å². The predicted octanol–water partition coefficient (Wildman–Crippen LogP) is 5.14. The van der Waals surface area contributed by atoms with E-state index in [1.54, 1.807) is 37.4 Å². The van der Waals surface area contributed by atoms with Gasteiger partial charge in [0, 0.05) is 5.69 Å². The Morgan fingerprint density at radius 2 is 1.74 bits per heavy atom. The highest BCUT2D eigenvalue weighted by Gasteiger charge is 2.11. The van der Waals surface area contributed by atoms with Gasteiger partial charge in [-0.15, -0.1) is 0 Å². The Balaban J connectivity index is 2.34. The lowest BCUT2D eigenvalue weighted by Gasteiger charge is -2.11. The van der Waals surface area contributed by atoms with E-state index in [-0.39, 0.29) is 0 Å². The average molecular weight is 363 g/mol. The monoisotopic (exact) mass is 361 g/mol. The van der Waals surface area contributed by atoms with Crippen LogP contribution in [0.15, 0.2) is 34.8 Å². The Morgan fingerprint density at radius 1 is 1.11 bits per heavy atom. The summed E-state index contributed by atoms with van der Waals surface area (Å²) in [6, 6.07) is 8.47. The van der Waals surface area contributed by atoms with Crippen molar-refractivity contribution in [3.63, 3.8) is 0 Å². The van der Waals surface area contributed by atoms with Gasteiger partial charge in [0.25, 0.3) is 0 Å². The molecule has 0 aliphatic rings. The van der Waals surface area contributed by atoms with Crippen molar-refractivity contribution in [2.24, 2.45) is 0 Å². The number of halogens is 3. The van der Waals surface area contributed by atoms with Gasteiger partial charge in [-0.2, -0.15) is 0 Å². The van der Waals surface area contributed by atoms with E-state index >= 15 is 0 Å². The fraction of sp³-hybridized carbons (Fsp3) is 0.0769. The molecule has 2 N–H and O–H groups in total. The number of hydrogen-bond acceptors (Lipinski definition) is 3. The summed E-state index contributed by atoms with van der Waals surface area (Å²) in [5.41, 5.74) is 6.12. The first-order chi connectivity index (χ1) is 9.01. The minimum Gasteiger partial charge on any atom is -0.496 e. The number of nitrogen functional groups attached to an aromatic ring is 1. The van der Waals surface area contributed by atoms with E-state index in [2.05, 4.69) is 15.9 Å².